The van der Waals surface area contributed by atoms with E-state index in [-0.39, 0.29) is 12.1 Å². The normalized spacial score (nSPS) is 20.9. The number of fused-ring (bicyclic) bond motifs is 1. The first-order valence-corrected chi connectivity index (χ1v) is 8.31. The van der Waals surface area contributed by atoms with Crippen molar-refractivity contribution >= 4 is 22.6 Å². The van der Waals surface area contributed by atoms with Gasteiger partial charge in [-0.1, -0.05) is 18.2 Å². The van der Waals surface area contributed by atoms with Gasteiger partial charge in [-0.15, -0.1) is 0 Å². The summed E-state index contributed by atoms with van der Waals surface area (Å²) < 4.78 is 5.89. The maximum absolute atomic E-state index is 12.5. The molecule has 1 aliphatic carbocycles. The lowest BCUT2D eigenvalue weighted by molar-refractivity contribution is 0.0543. The van der Waals surface area contributed by atoms with Crippen LogP contribution in [0.25, 0.3) is 10.9 Å². The van der Waals surface area contributed by atoms with Gasteiger partial charge in [0.1, 0.15) is 0 Å². The second-order valence-electron chi connectivity index (χ2n) is 6.44. The number of benzene rings is 1. The molecule has 1 aromatic carbocycles. The van der Waals surface area contributed by atoms with E-state index in [0.717, 1.165) is 42.1 Å². The minimum Gasteiger partial charge on any atom is -0.376 e. The Morgan fingerprint density at radius 3 is 3.00 bits per heavy atom. The van der Waals surface area contributed by atoms with Crippen LogP contribution in [0.5, 0.6) is 0 Å². The predicted molar refractivity (Wildman–Crippen MR) is 89.4 cm³/mol. The molecule has 4 rings (SSSR count). The van der Waals surface area contributed by atoms with Gasteiger partial charge in [-0.2, -0.15) is 0 Å². The molecule has 2 aliphatic rings. The topological polar surface area (TPSA) is 54.5 Å². The first-order valence-electron chi connectivity index (χ1n) is 8.31. The van der Waals surface area contributed by atoms with Crippen LogP contribution in [0.2, 0.25) is 0 Å². The van der Waals surface area contributed by atoms with E-state index < -0.39 is 0 Å². The molecule has 5 heteroatoms. The summed E-state index contributed by atoms with van der Waals surface area (Å²) in [5, 5.41) is 4.02. The number of likely N-dealkylation sites (tertiary alicyclic amines) is 1. The third kappa shape index (κ3) is 3.29. The fraction of sp³-hybridized carbons (Fsp3) is 0.444. The maximum atomic E-state index is 12.5. The van der Waals surface area contributed by atoms with Gasteiger partial charge in [-0.3, -0.25) is 4.98 Å². The van der Waals surface area contributed by atoms with E-state index in [1.807, 2.05) is 35.2 Å². The number of rotatable bonds is 4. The van der Waals surface area contributed by atoms with Crippen molar-refractivity contribution in [2.45, 2.75) is 25.4 Å². The molecule has 23 heavy (non-hydrogen) atoms. The first-order chi connectivity index (χ1) is 11.3. The molecule has 2 fully saturated rings. The molecule has 1 aromatic heterocycles. The number of carbonyl (C=O) groups is 1. The molecule has 1 aliphatic heterocycles. The number of urea groups is 1. The van der Waals surface area contributed by atoms with E-state index in [4.69, 9.17) is 4.74 Å². The highest BCUT2D eigenvalue weighted by atomic mass is 16.5. The molecule has 120 valence electrons. The highest BCUT2D eigenvalue weighted by Gasteiger charge is 2.29. The quantitative estimate of drug-likeness (QED) is 0.943. The monoisotopic (exact) mass is 311 g/mol. The lowest BCUT2D eigenvalue weighted by Crippen LogP contribution is -2.34. The Balaban J connectivity index is 1.39. The number of nitrogens with zero attached hydrogens (tertiary/aromatic N) is 2. The number of carbonyl (C=O) groups excluding carboxylic acids is 1. The Bertz CT molecular complexity index is 709. The number of ether oxygens (including phenoxy) is 1. The van der Waals surface area contributed by atoms with Gasteiger partial charge in [0.05, 0.1) is 17.3 Å². The molecule has 5 nitrogen and oxygen atoms in total. The molecular formula is C18H21N3O2. The van der Waals surface area contributed by atoms with Gasteiger partial charge in [0.2, 0.25) is 0 Å². The highest BCUT2D eigenvalue weighted by molar-refractivity contribution is 5.99. The second-order valence-corrected chi connectivity index (χ2v) is 6.44. The zero-order chi connectivity index (χ0) is 15.6. The van der Waals surface area contributed by atoms with Gasteiger partial charge < -0.3 is 15.0 Å². The first kappa shape index (κ1) is 14.5. The van der Waals surface area contributed by atoms with Crippen molar-refractivity contribution in [2.75, 3.05) is 25.0 Å². The maximum Gasteiger partial charge on any atom is 0.321 e. The molecule has 2 heterocycles. The molecule has 0 spiro atoms. The fourth-order valence-electron chi connectivity index (χ4n) is 3.00. The summed E-state index contributed by atoms with van der Waals surface area (Å²) in [4.78, 5) is 18.7. The number of anilines is 1. The number of hydrogen-bond acceptors (Lipinski definition) is 3. The summed E-state index contributed by atoms with van der Waals surface area (Å²) >= 11 is 0. The summed E-state index contributed by atoms with van der Waals surface area (Å²) in [6.07, 6.45) is 5.45. The lowest BCUT2D eigenvalue weighted by Gasteiger charge is -2.18. The van der Waals surface area contributed by atoms with Crippen molar-refractivity contribution in [1.29, 1.82) is 0 Å². The number of aromatic nitrogens is 1. The van der Waals surface area contributed by atoms with Crippen LogP contribution in [-0.4, -0.2) is 41.7 Å². The predicted octanol–water partition coefficient (Wildman–Crippen LogP) is 3.27. The SMILES string of the molecule is O=C(Nc1cccc2cccnc12)N1CC[C@@H](OCC2CC2)C1. The van der Waals surface area contributed by atoms with E-state index in [0.29, 0.717) is 6.54 Å². The van der Waals surface area contributed by atoms with Gasteiger partial charge in [0, 0.05) is 31.3 Å². The van der Waals surface area contributed by atoms with Gasteiger partial charge in [0.25, 0.3) is 0 Å². The average Bonchev–Trinajstić information content (AvgIpc) is 3.29. The molecule has 0 bridgehead atoms. The van der Waals surface area contributed by atoms with Crippen LogP contribution in [0.1, 0.15) is 19.3 Å². The fourth-order valence-corrected chi connectivity index (χ4v) is 3.00. The smallest absolute Gasteiger partial charge is 0.321 e. The minimum absolute atomic E-state index is 0.0688. The van der Waals surface area contributed by atoms with Gasteiger partial charge in [-0.05, 0) is 37.3 Å². The summed E-state index contributed by atoms with van der Waals surface area (Å²) in [7, 11) is 0. The lowest BCUT2D eigenvalue weighted by atomic mass is 10.2. The van der Waals surface area contributed by atoms with Crippen LogP contribution in [0, 0.1) is 5.92 Å². The van der Waals surface area contributed by atoms with Gasteiger partial charge >= 0.3 is 6.03 Å². The second kappa shape index (κ2) is 6.16. The van der Waals surface area contributed by atoms with E-state index in [1.54, 1.807) is 6.20 Å². The van der Waals surface area contributed by atoms with Crippen LogP contribution in [0.4, 0.5) is 10.5 Å². The molecule has 0 radical (unpaired) electrons. The van der Waals surface area contributed by atoms with Crippen molar-refractivity contribution in [3.05, 3.63) is 36.5 Å². The molecule has 1 N–H and O–H groups in total. The minimum atomic E-state index is -0.0688. The van der Waals surface area contributed by atoms with Gasteiger partial charge in [-0.25, -0.2) is 4.79 Å². The molecule has 2 aromatic rings. The third-order valence-corrected chi connectivity index (χ3v) is 4.57. The Morgan fingerprint density at radius 1 is 1.26 bits per heavy atom. The Morgan fingerprint density at radius 2 is 2.13 bits per heavy atom. The summed E-state index contributed by atoms with van der Waals surface area (Å²) in [6.45, 7) is 2.28. The van der Waals surface area contributed by atoms with Crippen molar-refractivity contribution in [2.24, 2.45) is 5.92 Å². The molecule has 2 amide bonds. The molecule has 1 atom stereocenters. The molecule has 1 saturated carbocycles. The van der Waals surface area contributed by atoms with Crippen molar-refractivity contribution < 1.29 is 9.53 Å². The van der Waals surface area contributed by atoms with Crippen LogP contribution in [0.3, 0.4) is 0 Å². The average molecular weight is 311 g/mol. The largest absolute Gasteiger partial charge is 0.376 e. The number of hydrogen-bond donors (Lipinski definition) is 1. The van der Waals surface area contributed by atoms with Gasteiger partial charge in [0.15, 0.2) is 0 Å². The number of nitrogens with one attached hydrogen (secondary N) is 1. The number of pyridine rings is 1. The van der Waals surface area contributed by atoms with Crippen LogP contribution < -0.4 is 5.32 Å². The van der Waals surface area contributed by atoms with Crippen LogP contribution in [-0.2, 0) is 4.74 Å². The summed E-state index contributed by atoms with van der Waals surface area (Å²) in [6, 6.07) is 9.65. The Kier molecular flexibility index (Phi) is 3.87. The Hall–Kier alpha value is -2.14. The van der Waals surface area contributed by atoms with Crippen LogP contribution >= 0.6 is 0 Å². The zero-order valence-electron chi connectivity index (χ0n) is 13.1. The van der Waals surface area contributed by atoms with Crippen molar-refractivity contribution in [1.82, 2.24) is 9.88 Å². The highest BCUT2D eigenvalue weighted by Crippen LogP contribution is 2.30. The molecule has 1 saturated heterocycles. The zero-order valence-corrected chi connectivity index (χ0v) is 13.1. The Labute approximate surface area is 135 Å². The van der Waals surface area contributed by atoms with E-state index in [2.05, 4.69) is 10.3 Å². The van der Waals surface area contributed by atoms with Crippen molar-refractivity contribution in [3.8, 4) is 0 Å². The molecule has 0 unspecified atom stereocenters. The van der Waals surface area contributed by atoms with E-state index in [1.165, 1.54) is 12.8 Å². The van der Waals surface area contributed by atoms with Crippen molar-refractivity contribution in [3.63, 3.8) is 0 Å². The molecular weight excluding hydrogens is 290 g/mol. The van der Waals surface area contributed by atoms with E-state index in [9.17, 15) is 4.79 Å². The number of amides is 2. The van der Waals surface area contributed by atoms with E-state index >= 15 is 0 Å². The van der Waals surface area contributed by atoms with Crippen LogP contribution in [0.15, 0.2) is 36.5 Å². The summed E-state index contributed by atoms with van der Waals surface area (Å²) in [5.41, 5.74) is 1.58. The standard InChI is InChI=1S/C18H21N3O2/c22-18(21-10-8-15(11-21)23-12-13-6-7-13)20-16-5-1-3-14-4-2-9-19-17(14)16/h1-5,9,13,15H,6-8,10-12H2,(H,20,22)/t15-/m1/s1. The number of para-hydroxylation sites is 1. The summed E-state index contributed by atoms with van der Waals surface area (Å²) in [5.74, 6) is 0.764. The third-order valence-electron chi connectivity index (χ3n) is 4.57.